The molecule has 8 nitrogen and oxygen atoms in total. The fourth-order valence-electron chi connectivity index (χ4n) is 3.51. The Morgan fingerprint density at radius 1 is 1.15 bits per heavy atom. The van der Waals surface area contributed by atoms with Crippen molar-refractivity contribution < 1.29 is 23.8 Å². The third-order valence-corrected chi connectivity index (χ3v) is 6.14. The van der Waals surface area contributed by atoms with Crippen LogP contribution in [0.5, 0.6) is 17.2 Å². The van der Waals surface area contributed by atoms with Crippen LogP contribution in [-0.2, 0) is 16.1 Å². The molecule has 0 aromatic heterocycles. The molecule has 2 aromatic rings. The first-order valence-electron chi connectivity index (χ1n) is 10.2. The topological polar surface area (TPSA) is 110 Å². The Hall–Kier alpha value is -3.64. The molecule has 0 spiro atoms. The summed E-state index contributed by atoms with van der Waals surface area (Å²) in [6, 6.07) is 15.2. The molecule has 33 heavy (non-hydrogen) atoms. The molecule has 2 N–H and O–H groups in total. The lowest BCUT2D eigenvalue weighted by molar-refractivity contribution is -0.121. The molecular formula is C24H25N3O5S. The zero-order valence-electron chi connectivity index (χ0n) is 18.6. The largest absolute Gasteiger partial charge is 0.493 e. The Bertz CT molecular complexity index is 1070. The number of nitrogens with zero attached hydrogens (tertiary/aromatic N) is 1. The highest BCUT2D eigenvalue weighted by molar-refractivity contribution is 8.03. The number of amides is 2. The molecule has 0 saturated heterocycles. The molecule has 0 radical (unpaired) electrons. The molecule has 9 heteroatoms. The van der Waals surface area contributed by atoms with Crippen LogP contribution in [0, 0.1) is 11.3 Å². The predicted molar refractivity (Wildman–Crippen MR) is 125 cm³/mol. The number of hydrogen-bond donors (Lipinski definition) is 2. The fraction of sp³-hybridized carbons (Fsp3) is 0.292. The number of rotatable bonds is 9. The SMILES string of the molecule is COc1cc([C@H]2CC(=O)NC(SCC(=O)NCc3ccccc3)=C2C#N)cc(OC)c1OC. The summed E-state index contributed by atoms with van der Waals surface area (Å²) in [4.78, 5) is 24.8. The quantitative estimate of drug-likeness (QED) is 0.583. The van der Waals surface area contributed by atoms with Crippen molar-refractivity contribution in [3.05, 3.63) is 64.2 Å². The molecule has 3 rings (SSSR count). The van der Waals surface area contributed by atoms with Crippen LogP contribution < -0.4 is 24.8 Å². The second-order valence-electron chi connectivity index (χ2n) is 7.17. The van der Waals surface area contributed by atoms with Gasteiger partial charge in [-0.2, -0.15) is 5.26 Å². The summed E-state index contributed by atoms with van der Waals surface area (Å²) in [5, 5.41) is 15.9. The van der Waals surface area contributed by atoms with Crippen molar-refractivity contribution in [2.75, 3.05) is 27.1 Å². The van der Waals surface area contributed by atoms with Gasteiger partial charge in [0.05, 0.1) is 43.8 Å². The van der Waals surface area contributed by atoms with Gasteiger partial charge in [-0.25, -0.2) is 0 Å². The number of carbonyl (C=O) groups excluding carboxylic acids is 2. The lowest BCUT2D eigenvalue weighted by Gasteiger charge is -2.26. The Balaban J connectivity index is 1.80. The van der Waals surface area contributed by atoms with Crippen molar-refractivity contribution in [3.8, 4) is 23.3 Å². The van der Waals surface area contributed by atoms with Crippen LogP contribution in [0.15, 0.2) is 53.1 Å². The summed E-state index contributed by atoms with van der Waals surface area (Å²) in [6.45, 7) is 0.408. The molecule has 172 valence electrons. The highest BCUT2D eigenvalue weighted by Gasteiger charge is 2.31. The van der Waals surface area contributed by atoms with E-state index in [0.29, 0.717) is 40.0 Å². The number of nitrogens with one attached hydrogen (secondary N) is 2. The molecule has 1 atom stereocenters. The van der Waals surface area contributed by atoms with Crippen LogP contribution in [0.1, 0.15) is 23.5 Å². The Morgan fingerprint density at radius 3 is 2.39 bits per heavy atom. The van der Waals surface area contributed by atoms with E-state index in [9.17, 15) is 14.9 Å². The zero-order chi connectivity index (χ0) is 23.8. The fourth-order valence-corrected chi connectivity index (χ4v) is 4.41. The monoisotopic (exact) mass is 467 g/mol. The Labute approximate surface area is 196 Å². The number of nitriles is 1. The zero-order valence-corrected chi connectivity index (χ0v) is 19.5. The average molecular weight is 468 g/mol. The van der Waals surface area contributed by atoms with Crippen LogP contribution in [0.25, 0.3) is 0 Å². The van der Waals surface area contributed by atoms with Crippen molar-refractivity contribution in [3.63, 3.8) is 0 Å². The van der Waals surface area contributed by atoms with Crippen LogP contribution >= 0.6 is 11.8 Å². The van der Waals surface area contributed by atoms with Crippen molar-refractivity contribution in [1.29, 1.82) is 5.26 Å². The summed E-state index contributed by atoms with van der Waals surface area (Å²) in [6.07, 6.45) is 0.0891. The van der Waals surface area contributed by atoms with Crippen LogP contribution in [-0.4, -0.2) is 38.9 Å². The normalized spacial score (nSPS) is 15.3. The molecule has 1 heterocycles. The van der Waals surface area contributed by atoms with Crippen molar-refractivity contribution in [2.24, 2.45) is 0 Å². The minimum atomic E-state index is -0.507. The summed E-state index contributed by atoms with van der Waals surface area (Å²) in [5.74, 6) is 0.422. The van der Waals surface area contributed by atoms with E-state index in [-0.39, 0.29) is 24.0 Å². The second-order valence-corrected chi connectivity index (χ2v) is 8.15. The lowest BCUT2D eigenvalue weighted by Crippen LogP contribution is -2.32. The van der Waals surface area contributed by atoms with E-state index < -0.39 is 5.92 Å². The van der Waals surface area contributed by atoms with Crippen LogP contribution in [0.3, 0.4) is 0 Å². The van der Waals surface area contributed by atoms with Gasteiger partial charge in [0.2, 0.25) is 17.6 Å². The number of ether oxygens (including phenoxy) is 3. The standard InChI is InChI=1S/C24H25N3O5S/c1-30-19-9-16(10-20(31-2)23(19)32-3)17-11-21(28)27-24(18(17)12-25)33-14-22(29)26-13-15-7-5-4-6-8-15/h4-10,17H,11,13-14H2,1-3H3,(H,26,29)(H,27,28)/t17-/m1/s1. The maximum Gasteiger partial charge on any atom is 0.230 e. The number of thioether (sulfide) groups is 1. The number of hydrogen-bond acceptors (Lipinski definition) is 7. The number of allylic oxidation sites excluding steroid dienone is 1. The molecule has 1 aliphatic rings. The molecule has 2 amide bonds. The summed E-state index contributed by atoms with van der Waals surface area (Å²) in [5.41, 5.74) is 2.05. The molecule has 0 aliphatic carbocycles. The number of carbonyl (C=O) groups is 2. The third-order valence-electron chi connectivity index (χ3n) is 5.13. The van der Waals surface area contributed by atoms with E-state index in [2.05, 4.69) is 16.7 Å². The number of methoxy groups -OCH3 is 3. The average Bonchev–Trinajstić information content (AvgIpc) is 2.85. The molecule has 2 aromatic carbocycles. The summed E-state index contributed by atoms with van der Waals surface area (Å²) >= 11 is 1.13. The third kappa shape index (κ3) is 5.79. The number of benzene rings is 2. The highest BCUT2D eigenvalue weighted by Crippen LogP contribution is 2.44. The maximum atomic E-state index is 12.5. The van der Waals surface area contributed by atoms with Crippen molar-refractivity contribution >= 4 is 23.6 Å². The van der Waals surface area contributed by atoms with E-state index in [1.807, 2.05) is 30.3 Å². The van der Waals surface area contributed by atoms with E-state index >= 15 is 0 Å². The highest BCUT2D eigenvalue weighted by atomic mass is 32.2. The van der Waals surface area contributed by atoms with Crippen LogP contribution in [0.2, 0.25) is 0 Å². The summed E-state index contributed by atoms with van der Waals surface area (Å²) < 4.78 is 16.2. The van der Waals surface area contributed by atoms with E-state index in [0.717, 1.165) is 17.3 Å². The van der Waals surface area contributed by atoms with E-state index in [1.165, 1.54) is 21.3 Å². The first kappa shape index (κ1) is 24.0. The van der Waals surface area contributed by atoms with Gasteiger partial charge in [-0.1, -0.05) is 42.1 Å². The maximum absolute atomic E-state index is 12.5. The molecule has 0 unspecified atom stereocenters. The smallest absolute Gasteiger partial charge is 0.230 e. The first-order valence-corrected chi connectivity index (χ1v) is 11.2. The van der Waals surface area contributed by atoms with Gasteiger partial charge in [0.25, 0.3) is 0 Å². The molecule has 0 fully saturated rings. The van der Waals surface area contributed by atoms with Gasteiger partial charge in [0, 0.05) is 18.9 Å². The molecule has 0 bridgehead atoms. The van der Waals surface area contributed by atoms with Gasteiger partial charge in [-0.05, 0) is 23.3 Å². The predicted octanol–water partition coefficient (Wildman–Crippen LogP) is 3.10. The van der Waals surface area contributed by atoms with Crippen molar-refractivity contribution in [1.82, 2.24) is 10.6 Å². The Morgan fingerprint density at radius 2 is 1.82 bits per heavy atom. The van der Waals surface area contributed by atoms with Gasteiger partial charge in [-0.15, -0.1) is 0 Å². The summed E-state index contributed by atoms with van der Waals surface area (Å²) in [7, 11) is 4.52. The van der Waals surface area contributed by atoms with Gasteiger partial charge in [0.15, 0.2) is 11.5 Å². The van der Waals surface area contributed by atoms with Gasteiger partial charge in [0.1, 0.15) is 0 Å². The minimum absolute atomic E-state index is 0.0651. The molecular weight excluding hydrogens is 442 g/mol. The van der Waals surface area contributed by atoms with Crippen molar-refractivity contribution in [2.45, 2.75) is 18.9 Å². The minimum Gasteiger partial charge on any atom is -0.493 e. The molecule has 1 aliphatic heterocycles. The second kappa shape index (κ2) is 11.3. The Kier molecular flexibility index (Phi) is 8.22. The molecule has 0 saturated carbocycles. The van der Waals surface area contributed by atoms with Crippen LogP contribution in [0.4, 0.5) is 0 Å². The van der Waals surface area contributed by atoms with Gasteiger partial charge in [-0.3, -0.25) is 9.59 Å². The van der Waals surface area contributed by atoms with E-state index in [4.69, 9.17) is 14.2 Å². The van der Waals surface area contributed by atoms with Gasteiger partial charge >= 0.3 is 0 Å². The van der Waals surface area contributed by atoms with Gasteiger partial charge < -0.3 is 24.8 Å². The lowest BCUT2D eigenvalue weighted by atomic mass is 9.86. The van der Waals surface area contributed by atoms with E-state index in [1.54, 1.807) is 12.1 Å². The first-order chi connectivity index (χ1) is 16.0.